The van der Waals surface area contributed by atoms with Crippen LogP contribution < -0.4 is 5.32 Å². The van der Waals surface area contributed by atoms with Crippen LogP contribution in [-0.2, 0) is 9.53 Å². The standard InChI is InChI=1S/C18H21N3O5S/c1-10(21-14(23)11-8-6-7-9-12(11)15(21)24)13(22)19-16(27-5)20-17(25)26-18(2,3)4/h6-10H,1-5H3,(H,19,20,22,25)/t10-/m0/s1. The van der Waals surface area contributed by atoms with E-state index in [1.165, 1.54) is 19.1 Å². The lowest BCUT2D eigenvalue weighted by molar-refractivity contribution is -0.123. The second-order valence-electron chi connectivity index (χ2n) is 6.79. The van der Waals surface area contributed by atoms with Gasteiger partial charge in [-0.15, -0.1) is 0 Å². The molecule has 1 N–H and O–H groups in total. The van der Waals surface area contributed by atoms with Gasteiger partial charge in [0.15, 0.2) is 5.17 Å². The average Bonchev–Trinajstić information content (AvgIpc) is 2.83. The van der Waals surface area contributed by atoms with Gasteiger partial charge < -0.3 is 10.1 Å². The van der Waals surface area contributed by atoms with Gasteiger partial charge in [0.05, 0.1) is 11.1 Å². The van der Waals surface area contributed by atoms with Gasteiger partial charge in [-0.1, -0.05) is 23.9 Å². The summed E-state index contributed by atoms with van der Waals surface area (Å²) in [5.74, 6) is -1.71. The zero-order chi connectivity index (χ0) is 20.4. The lowest BCUT2D eigenvalue weighted by atomic mass is 10.1. The second kappa shape index (κ2) is 7.91. The zero-order valence-corrected chi connectivity index (χ0v) is 16.5. The van der Waals surface area contributed by atoms with Crippen molar-refractivity contribution in [3.05, 3.63) is 35.4 Å². The summed E-state index contributed by atoms with van der Waals surface area (Å²) in [5.41, 5.74) is -0.203. The molecule has 0 unspecified atom stereocenters. The SMILES string of the molecule is CSC(=NC(=O)OC(C)(C)C)NC(=O)[C@H](C)N1C(=O)c2ccccc2C1=O. The van der Waals surface area contributed by atoms with Crippen LogP contribution in [0.25, 0.3) is 0 Å². The minimum atomic E-state index is -1.08. The van der Waals surface area contributed by atoms with E-state index in [0.717, 1.165) is 16.7 Å². The number of carbonyl (C=O) groups excluding carboxylic acids is 4. The summed E-state index contributed by atoms with van der Waals surface area (Å²) in [6, 6.07) is 5.30. The summed E-state index contributed by atoms with van der Waals surface area (Å²) < 4.78 is 5.08. The minimum absolute atomic E-state index is 0.0118. The number of amides is 4. The number of ether oxygens (including phenoxy) is 1. The lowest BCUT2D eigenvalue weighted by Gasteiger charge is -2.22. The Morgan fingerprint density at radius 1 is 1.15 bits per heavy atom. The fraction of sp³-hybridized carbons (Fsp3) is 0.389. The monoisotopic (exact) mass is 391 g/mol. The molecule has 27 heavy (non-hydrogen) atoms. The summed E-state index contributed by atoms with van der Waals surface area (Å²) >= 11 is 1.03. The summed E-state index contributed by atoms with van der Waals surface area (Å²) in [7, 11) is 0. The van der Waals surface area contributed by atoms with Crippen molar-refractivity contribution in [2.24, 2.45) is 4.99 Å². The number of hydrogen-bond acceptors (Lipinski definition) is 6. The van der Waals surface area contributed by atoms with E-state index in [1.54, 1.807) is 39.2 Å². The van der Waals surface area contributed by atoms with Crippen molar-refractivity contribution < 1.29 is 23.9 Å². The lowest BCUT2D eigenvalue weighted by Crippen LogP contribution is -2.49. The summed E-state index contributed by atoms with van der Waals surface area (Å²) in [6.07, 6.45) is 0.774. The van der Waals surface area contributed by atoms with Crippen molar-refractivity contribution in [2.45, 2.75) is 39.3 Å². The molecule has 9 heteroatoms. The van der Waals surface area contributed by atoms with Crippen molar-refractivity contribution in [1.29, 1.82) is 0 Å². The van der Waals surface area contributed by atoms with E-state index in [4.69, 9.17) is 4.74 Å². The van der Waals surface area contributed by atoms with Crippen LogP contribution in [0.5, 0.6) is 0 Å². The molecule has 0 spiro atoms. The van der Waals surface area contributed by atoms with Gasteiger partial charge >= 0.3 is 6.09 Å². The number of fused-ring (bicyclic) bond motifs is 1. The molecule has 8 nitrogen and oxygen atoms in total. The Morgan fingerprint density at radius 2 is 1.67 bits per heavy atom. The van der Waals surface area contributed by atoms with Crippen molar-refractivity contribution in [3.63, 3.8) is 0 Å². The summed E-state index contributed by atoms with van der Waals surface area (Å²) in [5, 5.41) is 2.47. The quantitative estimate of drug-likeness (QED) is 0.472. The third-order valence-electron chi connectivity index (χ3n) is 3.60. The molecule has 0 aromatic heterocycles. The van der Waals surface area contributed by atoms with Crippen molar-refractivity contribution >= 4 is 40.7 Å². The van der Waals surface area contributed by atoms with Gasteiger partial charge in [-0.25, -0.2) is 4.79 Å². The first-order valence-electron chi connectivity index (χ1n) is 8.18. The van der Waals surface area contributed by atoms with Crippen LogP contribution in [0.1, 0.15) is 48.4 Å². The molecule has 1 atom stereocenters. The van der Waals surface area contributed by atoms with Gasteiger partial charge in [0.1, 0.15) is 11.6 Å². The van der Waals surface area contributed by atoms with Crippen LogP contribution in [0.3, 0.4) is 0 Å². The van der Waals surface area contributed by atoms with Crippen LogP contribution in [0.15, 0.2) is 29.3 Å². The number of nitrogens with zero attached hydrogens (tertiary/aromatic N) is 2. The van der Waals surface area contributed by atoms with E-state index in [9.17, 15) is 19.2 Å². The normalized spacial score (nSPS) is 15.4. The molecule has 1 aliphatic rings. The van der Waals surface area contributed by atoms with E-state index >= 15 is 0 Å². The second-order valence-corrected chi connectivity index (χ2v) is 7.59. The van der Waals surface area contributed by atoms with Gasteiger partial charge in [0, 0.05) is 0 Å². The molecule has 0 saturated carbocycles. The first-order valence-corrected chi connectivity index (χ1v) is 9.41. The molecule has 1 aromatic rings. The predicted octanol–water partition coefficient (Wildman–Crippen LogP) is 2.44. The molecule has 0 fully saturated rings. The number of aliphatic imine (C=N–C) groups is 1. The van der Waals surface area contributed by atoms with E-state index in [-0.39, 0.29) is 16.3 Å². The fourth-order valence-corrected chi connectivity index (χ4v) is 2.75. The molecule has 0 bridgehead atoms. The highest BCUT2D eigenvalue weighted by Gasteiger charge is 2.40. The van der Waals surface area contributed by atoms with Crippen molar-refractivity contribution in [1.82, 2.24) is 10.2 Å². The van der Waals surface area contributed by atoms with Crippen molar-refractivity contribution in [3.8, 4) is 0 Å². The van der Waals surface area contributed by atoms with Gasteiger partial charge in [0.25, 0.3) is 11.8 Å². The van der Waals surface area contributed by atoms with E-state index in [1.807, 2.05) is 0 Å². The Bertz CT molecular complexity index is 794. The third-order valence-corrected chi connectivity index (χ3v) is 4.18. The Morgan fingerprint density at radius 3 is 2.11 bits per heavy atom. The molecular weight excluding hydrogens is 370 g/mol. The van der Waals surface area contributed by atoms with E-state index < -0.39 is 35.5 Å². The summed E-state index contributed by atoms with van der Waals surface area (Å²) in [4.78, 5) is 53.8. The van der Waals surface area contributed by atoms with Gasteiger partial charge in [0.2, 0.25) is 5.91 Å². The predicted molar refractivity (Wildman–Crippen MR) is 102 cm³/mol. The van der Waals surface area contributed by atoms with Gasteiger partial charge in [-0.3, -0.25) is 19.3 Å². The maximum Gasteiger partial charge on any atom is 0.436 e. The van der Waals surface area contributed by atoms with E-state index in [0.29, 0.717) is 0 Å². The first kappa shape index (κ1) is 20.6. The molecular formula is C18H21N3O5S. The van der Waals surface area contributed by atoms with Crippen LogP contribution in [0.4, 0.5) is 4.79 Å². The largest absolute Gasteiger partial charge is 0.442 e. The third kappa shape index (κ3) is 4.73. The smallest absolute Gasteiger partial charge is 0.436 e. The number of thioether (sulfide) groups is 1. The highest BCUT2D eigenvalue weighted by atomic mass is 32.2. The number of imide groups is 1. The van der Waals surface area contributed by atoms with Gasteiger partial charge in [-0.05, 0) is 46.1 Å². The van der Waals surface area contributed by atoms with Crippen LogP contribution in [0, 0.1) is 0 Å². The number of nitrogens with one attached hydrogen (secondary N) is 1. The fourth-order valence-electron chi connectivity index (χ4n) is 2.38. The highest BCUT2D eigenvalue weighted by molar-refractivity contribution is 8.13. The average molecular weight is 391 g/mol. The summed E-state index contributed by atoms with van der Waals surface area (Å²) in [6.45, 7) is 6.52. The first-order chi connectivity index (χ1) is 12.5. The minimum Gasteiger partial charge on any atom is -0.442 e. The number of benzene rings is 1. The van der Waals surface area contributed by atoms with Crippen molar-refractivity contribution in [2.75, 3.05) is 6.26 Å². The molecule has 0 radical (unpaired) electrons. The maximum absolute atomic E-state index is 12.5. The van der Waals surface area contributed by atoms with E-state index in [2.05, 4.69) is 10.3 Å². The number of rotatable bonds is 2. The molecule has 1 aliphatic heterocycles. The number of hydrogen-bond donors (Lipinski definition) is 1. The molecule has 144 valence electrons. The van der Waals surface area contributed by atoms with Crippen LogP contribution in [-0.4, -0.2) is 51.8 Å². The van der Waals surface area contributed by atoms with Gasteiger partial charge in [-0.2, -0.15) is 4.99 Å². The maximum atomic E-state index is 12.5. The molecule has 1 aromatic carbocycles. The topological polar surface area (TPSA) is 105 Å². The molecule has 4 amide bonds. The van der Waals surface area contributed by atoms with Crippen LogP contribution in [0.2, 0.25) is 0 Å². The molecule has 0 saturated heterocycles. The Kier molecular flexibility index (Phi) is 6.04. The Balaban J connectivity index is 2.12. The molecule has 0 aliphatic carbocycles. The number of amidine groups is 1. The molecule has 1 heterocycles. The Hall–Kier alpha value is -2.68. The highest BCUT2D eigenvalue weighted by Crippen LogP contribution is 2.24. The van der Waals surface area contributed by atoms with Crippen LogP contribution >= 0.6 is 11.8 Å². The number of carbonyl (C=O) groups is 4. The Labute approximate surface area is 161 Å². The zero-order valence-electron chi connectivity index (χ0n) is 15.7. The molecule has 2 rings (SSSR count).